The molecule has 1 atom stereocenters. The van der Waals surface area contributed by atoms with Crippen LogP contribution in [0.2, 0.25) is 0 Å². The van der Waals surface area contributed by atoms with Gasteiger partial charge in [0.2, 0.25) is 0 Å². The lowest BCUT2D eigenvalue weighted by atomic mass is 10.0. The van der Waals surface area contributed by atoms with Crippen molar-refractivity contribution in [3.63, 3.8) is 0 Å². The Bertz CT molecular complexity index is 670. The van der Waals surface area contributed by atoms with E-state index >= 15 is 0 Å². The standard InChI is InChI=1S/C17H19FN2O/c1-11-9-14(7-8-16(11)18)17(21)20(3)12(2)13-5-4-6-15(19)10-13/h4-10,12H,19H2,1-3H3. The molecule has 3 nitrogen and oxygen atoms in total. The number of anilines is 1. The van der Waals surface area contributed by atoms with Gasteiger partial charge in [0.1, 0.15) is 5.82 Å². The first kappa shape index (κ1) is 15.0. The molecule has 0 aromatic heterocycles. The van der Waals surface area contributed by atoms with Crippen molar-refractivity contribution in [2.75, 3.05) is 12.8 Å². The molecular weight excluding hydrogens is 267 g/mol. The Balaban J connectivity index is 2.24. The predicted octanol–water partition coefficient (Wildman–Crippen LogP) is 3.55. The number of carbonyl (C=O) groups excluding carboxylic acids is 1. The molecule has 4 heteroatoms. The monoisotopic (exact) mass is 286 g/mol. The summed E-state index contributed by atoms with van der Waals surface area (Å²) in [5.74, 6) is -0.453. The number of aryl methyl sites for hydroxylation is 1. The summed E-state index contributed by atoms with van der Waals surface area (Å²) < 4.78 is 13.3. The molecule has 0 aliphatic carbocycles. The van der Waals surface area contributed by atoms with E-state index in [-0.39, 0.29) is 17.8 Å². The van der Waals surface area contributed by atoms with E-state index in [2.05, 4.69) is 0 Å². The van der Waals surface area contributed by atoms with Crippen LogP contribution in [0.25, 0.3) is 0 Å². The number of benzene rings is 2. The maximum absolute atomic E-state index is 13.3. The number of nitrogens with zero attached hydrogens (tertiary/aromatic N) is 1. The Hall–Kier alpha value is -2.36. The van der Waals surface area contributed by atoms with Crippen LogP contribution in [0.5, 0.6) is 0 Å². The van der Waals surface area contributed by atoms with Gasteiger partial charge in [-0.25, -0.2) is 4.39 Å². The average molecular weight is 286 g/mol. The molecule has 0 bridgehead atoms. The summed E-state index contributed by atoms with van der Waals surface area (Å²) in [6.45, 7) is 3.58. The highest BCUT2D eigenvalue weighted by Crippen LogP contribution is 2.23. The fraction of sp³-hybridized carbons (Fsp3) is 0.235. The minimum atomic E-state index is -0.307. The molecule has 0 fully saturated rings. The molecule has 0 radical (unpaired) electrons. The van der Waals surface area contributed by atoms with Crippen molar-refractivity contribution in [2.24, 2.45) is 0 Å². The normalized spacial score (nSPS) is 12.0. The van der Waals surface area contributed by atoms with Crippen molar-refractivity contribution in [3.8, 4) is 0 Å². The summed E-state index contributed by atoms with van der Waals surface area (Å²) in [6.07, 6.45) is 0. The van der Waals surface area contributed by atoms with Crippen molar-refractivity contribution in [1.82, 2.24) is 4.90 Å². The van der Waals surface area contributed by atoms with Crippen LogP contribution in [0.4, 0.5) is 10.1 Å². The number of halogens is 1. The quantitative estimate of drug-likeness (QED) is 0.877. The molecule has 1 unspecified atom stereocenters. The number of hydrogen-bond acceptors (Lipinski definition) is 2. The molecule has 21 heavy (non-hydrogen) atoms. The van der Waals surface area contributed by atoms with Crippen molar-refractivity contribution in [3.05, 3.63) is 65.0 Å². The van der Waals surface area contributed by atoms with Gasteiger partial charge in [-0.2, -0.15) is 0 Å². The van der Waals surface area contributed by atoms with E-state index in [4.69, 9.17) is 5.73 Å². The van der Waals surface area contributed by atoms with Gasteiger partial charge in [0.15, 0.2) is 0 Å². The third-order valence-corrected chi connectivity index (χ3v) is 3.70. The molecule has 2 rings (SSSR count). The molecular formula is C17H19FN2O. The number of amides is 1. The van der Waals surface area contributed by atoms with E-state index < -0.39 is 0 Å². The second kappa shape index (κ2) is 5.95. The molecule has 110 valence electrons. The van der Waals surface area contributed by atoms with Crippen molar-refractivity contribution in [1.29, 1.82) is 0 Å². The highest BCUT2D eigenvalue weighted by Gasteiger charge is 2.19. The van der Waals surface area contributed by atoms with E-state index in [1.165, 1.54) is 12.1 Å². The van der Waals surface area contributed by atoms with Gasteiger partial charge < -0.3 is 10.6 Å². The summed E-state index contributed by atoms with van der Waals surface area (Å²) in [4.78, 5) is 14.1. The average Bonchev–Trinajstić information content (AvgIpc) is 2.47. The van der Waals surface area contributed by atoms with E-state index in [1.807, 2.05) is 25.1 Å². The molecule has 0 aliphatic rings. The molecule has 0 aliphatic heterocycles. The van der Waals surface area contributed by atoms with Gasteiger partial charge in [-0.1, -0.05) is 12.1 Å². The molecule has 2 aromatic carbocycles. The Morgan fingerprint density at radius 2 is 1.95 bits per heavy atom. The van der Waals surface area contributed by atoms with Crippen LogP contribution >= 0.6 is 0 Å². The zero-order valence-electron chi connectivity index (χ0n) is 12.4. The summed E-state index contributed by atoms with van der Waals surface area (Å²) in [5.41, 5.74) is 8.35. The molecule has 2 aromatic rings. The minimum Gasteiger partial charge on any atom is -0.399 e. The third kappa shape index (κ3) is 3.21. The molecule has 0 heterocycles. The second-order valence-corrected chi connectivity index (χ2v) is 5.23. The molecule has 1 amide bonds. The molecule has 0 spiro atoms. The van der Waals surface area contributed by atoms with Gasteiger partial charge in [0.25, 0.3) is 5.91 Å². The number of nitrogens with two attached hydrogens (primary N) is 1. The SMILES string of the molecule is Cc1cc(C(=O)N(C)C(C)c2cccc(N)c2)ccc1F. The van der Waals surface area contributed by atoms with Gasteiger partial charge in [0, 0.05) is 18.3 Å². The molecule has 2 N–H and O–H groups in total. The van der Waals surface area contributed by atoms with Gasteiger partial charge >= 0.3 is 0 Å². The summed E-state index contributed by atoms with van der Waals surface area (Å²) in [7, 11) is 1.73. The lowest BCUT2D eigenvalue weighted by Crippen LogP contribution is -2.29. The van der Waals surface area contributed by atoms with Crippen LogP contribution in [-0.4, -0.2) is 17.9 Å². The zero-order valence-corrected chi connectivity index (χ0v) is 12.4. The number of rotatable bonds is 3. The Kier molecular flexibility index (Phi) is 4.26. The first-order valence-electron chi connectivity index (χ1n) is 6.79. The molecule has 0 saturated carbocycles. The van der Waals surface area contributed by atoms with E-state index in [1.54, 1.807) is 31.0 Å². The maximum atomic E-state index is 13.3. The van der Waals surface area contributed by atoms with Crippen LogP contribution in [0, 0.1) is 12.7 Å². The zero-order chi connectivity index (χ0) is 15.6. The lowest BCUT2D eigenvalue weighted by molar-refractivity contribution is 0.0742. The fourth-order valence-corrected chi connectivity index (χ4v) is 2.20. The predicted molar refractivity (Wildman–Crippen MR) is 82.5 cm³/mol. The van der Waals surface area contributed by atoms with Crippen LogP contribution in [-0.2, 0) is 0 Å². The summed E-state index contributed by atoms with van der Waals surface area (Å²) in [6, 6.07) is 11.7. The lowest BCUT2D eigenvalue weighted by Gasteiger charge is -2.26. The largest absolute Gasteiger partial charge is 0.399 e. The number of nitrogen functional groups attached to an aromatic ring is 1. The van der Waals surface area contributed by atoms with Gasteiger partial charge in [-0.05, 0) is 55.3 Å². The second-order valence-electron chi connectivity index (χ2n) is 5.23. The topological polar surface area (TPSA) is 46.3 Å². The third-order valence-electron chi connectivity index (χ3n) is 3.70. The fourth-order valence-electron chi connectivity index (χ4n) is 2.20. The van der Waals surface area contributed by atoms with Gasteiger partial charge in [0.05, 0.1) is 6.04 Å². The van der Waals surface area contributed by atoms with Crippen LogP contribution < -0.4 is 5.73 Å². The van der Waals surface area contributed by atoms with Gasteiger partial charge in [-0.3, -0.25) is 4.79 Å². The molecule has 0 saturated heterocycles. The number of carbonyl (C=O) groups is 1. The van der Waals surface area contributed by atoms with E-state index in [0.717, 1.165) is 5.56 Å². The van der Waals surface area contributed by atoms with Crippen LogP contribution in [0.1, 0.15) is 34.5 Å². The maximum Gasteiger partial charge on any atom is 0.254 e. The Morgan fingerprint density at radius 3 is 2.57 bits per heavy atom. The van der Waals surface area contributed by atoms with Crippen molar-refractivity contribution in [2.45, 2.75) is 19.9 Å². The van der Waals surface area contributed by atoms with Crippen molar-refractivity contribution >= 4 is 11.6 Å². The van der Waals surface area contributed by atoms with Crippen LogP contribution in [0.15, 0.2) is 42.5 Å². The highest BCUT2D eigenvalue weighted by molar-refractivity contribution is 5.94. The highest BCUT2D eigenvalue weighted by atomic mass is 19.1. The van der Waals surface area contributed by atoms with E-state index in [9.17, 15) is 9.18 Å². The van der Waals surface area contributed by atoms with Gasteiger partial charge in [-0.15, -0.1) is 0 Å². The number of hydrogen-bond donors (Lipinski definition) is 1. The van der Waals surface area contributed by atoms with Crippen LogP contribution in [0.3, 0.4) is 0 Å². The van der Waals surface area contributed by atoms with E-state index in [0.29, 0.717) is 16.8 Å². The van der Waals surface area contributed by atoms with Crippen molar-refractivity contribution < 1.29 is 9.18 Å². The first-order chi connectivity index (χ1) is 9.90. The summed E-state index contributed by atoms with van der Waals surface area (Å²) in [5, 5.41) is 0. The minimum absolute atomic E-state index is 0.119. The smallest absolute Gasteiger partial charge is 0.254 e. The summed E-state index contributed by atoms with van der Waals surface area (Å²) >= 11 is 0. The Morgan fingerprint density at radius 1 is 1.24 bits per heavy atom. The Labute approximate surface area is 124 Å². The first-order valence-corrected chi connectivity index (χ1v) is 6.79.